The fourth-order valence-electron chi connectivity index (χ4n) is 5.07. The number of rotatable bonds is 1. The fourth-order valence-corrected chi connectivity index (χ4v) is 5.07. The molecule has 0 saturated carbocycles. The van der Waals surface area contributed by atoms with Crippen molar-refractivity contribution in [1.82, 2.24) is 4.57 Å². The van der Waals surface area contributed by atoms with E-state index in [2.05, 4.69) is 12.1 Å². The van der Waals surface area contributed by atoms with Crippen molar-refractivity contribution in [3.05, 3.63) is 112 Å². The van der Waals surface area contributed by atoms with Crippen LogP contribution in [0.1, 0.15) is 17.0 Å². The molecule has 1 unspecified atom stereocenters. The highest BCUT2D eigenvalue weighted by molar-refractivity contribution is 6.04. The first kappa shape index (κ1) is 19.1. The number of ether oxygens (including phenoxy) is 1. The maximum atomic E-state index is 13.8. The average molecular weight is 429 g/mol. The van der Waals surface area contributed by atoms with Crippen molar-refractivity contribution >= 4 is 32.4 Å². The van der Waals surface area contributed by atoms with Crippen molar-refractivity contribution < 1.29 is 4.74 Å². The summed E-state index contributed by atoms with van der Waals surface area (Å²) in [5.41, 5.74) is 8.44. The maximum Gasteiger partial charge on any atom is 0.258 e. The second-order valence-electron chi connectivity index (χ2n) is 8.28. The van der Waals surface area contributed by atoms with E-state index in [4.69, 9.17) is 10.5 Å². The van der Waals surface area contributed by atoms with Gasteiger partial charge in [-0.3, -0.25) is 4.79 Å². The molecule has 1 aliphatic rings. The summed E-state index contributed by atoms with van der Waals surface area (Å²) in [6.07, 6.45) is 0. The predicted molar refractivity (Wildman–Crippen MR) is 130 cm³/mol. The van der Waals surface area contributed by atoms with E-state index in [9.17, 15) is 10.1 Å². The Morgan fingerprint density at radius 3 is 2.09 bits per heavy atom. The molecule has 0 aliphatic carbocycles. The zero-order valence-corrected chi connectivity index (χ0v) is 17.9. The second-order valence-corrected chi connectivity index (χ2v) is 8.28. The molecule has 2 heterocycles. The lowest BCUT2D eigenvalue weighted by atomic mass is 9.79. The number of para-hydroxylation sites is 1. The molecule has 0 spiro atoms. The van der Waals surface area contributed by atoms with Gasteiger partial charge in [0.05, 0.1) is 17.0 Å². The van der Waals surface area contributed by atoms with Gasteiger partial charge in [-0.1, -0.05) is 60.7 Å². The van der Waals surface area contributed by atoms with Crippen LogP contribution in [0, 0.1) is 11.3 Å². The van der Waals surface area contributed by atoms with Crippen LogP contribution >= 0.6 is 0 Å². The molecule has 5 heteroatoms. The average Bonchev–Trinajstić information content (AvgIpc) is 2.85. The van der Waals surface area contributed by atoms with Crippen LogP contribution in [0.3, 0.4) is 0 Å². The Morgan fingerprint density at radius 2 is 1.45 bits per heavy atom. The summed E-state index contributed by atoms with van der Waals surface area (Å²) in [7, 11) is 1.75. The zero-order valence-electron chi connectivity index (χ0n) is 17.9. The van der Waals surface area contributed by atoms with Crippen LogP contribution in [0.25, 0.3) is 32.4 Å². The van der Waals surface area contributed by atoms with Gasteiger partial charge in [-0.15, -0.1) is 0 Å². The molecule has 6 rings (SSSR count). The number of aryl methyl sites for hydroxylation is 1. The highest BCUT2D eigenvalue weighted by Gasteiger charge is 2.36. The van der Waals surface area contributed by atoms with Crippen LogP contribution < -0.4 is 16.0 Å². The minimum absolute atomic E-state index is 0.0328. The molecule has 5 nitrogen and oxygen atoms in total. The Kier molecular flexibility index (Phi) is 4.05. The molecular weight excluding hydrogens is 410 g/mol. The van der Waals surface area contributed by atoms with Gasteiger partial charge in [0.25, 0.3) is 5.56 Å². The van der Waals surface area contributed by atoms with Gasteiger partial charge in [0.2, 0.25) is 5.88 Å². The molecule has 4 aromatic carbocycles. The SMILES string of the molecule is Cn1c(=O)c2c(c3ccccc31)OC(N)=C(C#N)C2c1c2ccccc2cc2ccccc12. The maximum absolute atomic E-state index is 13.8. The van der Waals surface area contributed by atoms with Gasteiger partial charge in [0.1, 0.15) is 17.4 Å². The molecule has 1 atom stereocenters. The van der Waals surface area contributed by atoms with Crippen LogP contribution in [0.5, 0.6) is 5.75 Å². The largest absolute Gasteiger partial charge is 0.439 e. The number of allylic oxidation sites excluding steroid dienone is 1. The standard InChI is InChI=1S/C28H19N3O2/c1-31-22-13-7-6-12-20(22)26-25(28(31)32)24(21(15-29)27(30)33-26)23-18-10-4-2-8-16(18)14-17-9-3-5-11-19(17)23/h2-14,24H,30H2,1H3. The molecule has 0 radical (unpaired) electrons. The summed E-state index contributed by atoms with van der Waals surface area (Å²) >= 11 is 0. The van der Waals surface area contributed by atoms with Crippen molar-refractivity contribution in [2.24, 2.45) is 12.8 Å². The van der Waals surface area contributed by atoms with Gasteiger partial charge in [0.15, 0.2) is 0 Å². The van der Waals surface area contributed by atoms with E-state index in [0.717, 1.165) is 38.0 Å². The monoisotopic (exact) mass is 429 g/mol. The number of pyridine rings is 1. The Hall–Kier alpha value is -4.56. The van der Waals surface area contributed by atoms with E-state index in [-0.39, 0.29) is 17.0 Å². The summed E-state index contributed by atoms with van der Waals surface area (Å²) in [5, 5.41) is 15.0. The van der Waals surface area contributed by atoms with Crippen molar-refractivity contribution in [2.75, 3.05) is 0 Å². The molecular formula is C28H19N3O2. The van der Waals surface area contributed by atoms with Crippen LogP contribution in [-0.4, -0.2) is 4.57 Å². The Morgan fingerprint density at radius 1 is 0.879 bits per heavy atom. The topological polar surface area (TPSA) is 81.0 Å². The molecule has 1 aliphatic heterocycles. The van der Waals surface area contributed by atoms with Crippen LogP contribution in [0.2, 0.25) is 0 Å². The number of nitrogens with zero attached hydrogens (tertiary/aromatic N) is 2. The third-order valence-electron chi connectivity index (χ3n) is 6.57. The Balaban J connectivity index is 1.85. The summed E-state index contributed by atoms with van der Waals surface area (Å²) in [5.74, 6) is -0.198. The first-order valence-electron chi connectivity index (χ1n) is 10.7. The molecule has 0 fully saturated rings. The molecule has 2 N–H and O–H groups in total. The molecule has 0 bridgehead atoms. The number of benzene rings is 4. The van der Waals surface area contributed by atoms with Gasteiger partial charge in [0, 0.05) is 12.4 Å². The van der Waals surface area contributed by atoms with Crippen LogP contribution in [0.15, 0.2) is 95.1 Å². The smallest absolute Gasteiger partial charge is 0.258 e. The summed E-state index contributed by atoms with van der Waals surface area (Å²) in [6.45, 7) is 0. The van der Waals surface area contributed by atoms with Gasteiger partial charge in [-0.2, -0.15) is 5.26 Å². The van der Waals surface area contributed by atoms with Crippen LogP contribution in [0.4, 0.5) is 0 Å². The van der Waals surface area contributed by atoms with Gasteiger partial charge < -0.3 is 15.0 Å². The quantitative estimate of drug-likeness (QED) is 0.378. The van der Waals surface area contributed by atoms with E-state index in [0.29, 0.717) is 11.3 Å². The molecule has 5 aromatic rings. The van der Waals surface area contributed by atoms with E-state index < -0.39 is 5.92 Å². The lowest BCUT2D eigenvalue weighted by Crippen LogP contribution is -2.31. The second kappa shape index (κ2) is 6.98. The Labute approximate surface area is 189 Å². The molecule has 0 saturated heterocycles. The first-order valence-corrected chi connectivity index (χ1v) is 10.7. The van der Waals surface area contributed by atoms with Crippen molar-refractivity contribution in [3.63, 3.8) is 0 Å². The first-order chi connectivity index (χ1) is 16.1. The third-order valence-corrected chi connectivity index (χ3v) is 6.57. The lowest BCUT2D eigenvalue weighted by molar-refractivity contribution is 0.396. The van der Waals surface area contributed by atoms with E-state index in [1.165, 1.54) is 0 Å². The Bertz CT molecular complexity index is 1700. The highest BCUT2D eigenvalue weighted by Crippen LogP contribution is 2.47. The number of nitriles is 1. The summed E-state index contributed by atoms with van der Waals surface area (Å²) in [4.78, 5) is 13.8. The highest BCUT2D eigenvalue weighted by atomic mass is 16.5. The number of fused-ring (bicyclic) bond motifs is 5. The number of nitrogens with two attached hydrogens (primary N) is 1. The van der Waals surface area contributed by atoms with E-state index in [1.54, 1.807) is 11.6 Å². The summed E-state index contributed by atoms with van der Waals surface area (Å²) < 4.78 is 7.60. The normalized spacial score (nSPS) is 15.5. The van der Waals surface area contributed by atoms with Gasteiger partial charge in [-0.25, -0.2) is 0 Å². The molecule has 158 valence electrons. The van der Waals surface area contributed by atoms with E-state index in [1.807, 2.05) is 72.8 Å². The molecule has 0 amide bonds. The van der Waals surface area contributed by atoms with Gasteiger partial charge in [-0.05, 0) is 45.3 Å². The summed E-state index contributed by atoms with van der Waals surface area (Å²) in [6, 6.07) is 28.0. The number of hydrogen-bond donors (Lipinski definition) is 1. The third kappa shape index (κ3) is 2.61. The lowest BCUT2D eigenvalue weighted by Gasteiger charge is -2.29. The zero-order chi connectivity index (χ0) is 22.7. The minimum atomic E-state index is -0.655. The molecule has 1 aromatic heterocycles. The van der Waals surface area contributed by atoms with Crippen molar-refractivity contribution in [2.45, 2.75) is 5.92 Å². The fraction of sp³-hybridized carbons (Fsp3) is 0.0714. The van der Waals surface area contributed by atoms with Crippen molar-refractivity contribution in [1.29, 1.82) is 5.26 Å². The van der Waals surface area contributed by atoms with E-state index >= 15 is 0 Å². The molecule has 33 heavy (non-hydrogen) atoms. The minimum Gasteiger partial charge on any atom is -0.439 e. The number of aromatic nitrogens is 1. The predicted octanol–water partition coefficient (Wildman–Crippen LogP) is 5.06. The van der Waals surface area contributed by atoms with Crippen molar-refractivity contribution in [3.8, 4) is 11.8 Å². The van der Waals surface area contributed by atoms with Gasteiger partial charge >= 0.3 is 0 Å². The van der Waals surface area contributed by atoms with Crippen LogP contribution in [-0.2, 0) is 7.05 Å². The number of hydrogen-bond acceptors (Lipinski definition) is 4.